The Kier molecular flexibility index (Phi) is 4.95. The van der Waals surface area contributed by atoms with Crippen LogP contribution in [0.2, 0.25) is 0 Å². The summed E-state index contributed by atoms with van der Waals surface area (Å²) in [5.74, 6) is -1.06. The summed E-state index contributed by atoms with van der Waals surface area (Å²) in [6.07, 6.45) is 0.179. The van der Waals surface area contributed by atoms with E-state index < -0.39 is 17.7 Å². The van der Waals surface area contributed by atoms with E-state index in [2.05, 4.69) is 5.32 Å². The monoisotopic (exact) mass is 259 g/mol. The van der Waals surface area contributed by atoms with Crippen molar-refractivity contribution in [2.45, 2.75) is 6.42 Å². The molecule has 0 aromatic rings. The van der Waals surface area contributed by atoms with Crippen LogP contribution in [0.1, 0.15) is 6.42 Å². The Balaban J connectivity index is 2.29. The topological polar surface area (TPSA) is 110 Å². The largest absolute Gasteiger partial charge is 0.369 e. The number of thioether (sulfide) groups is 1. The van der Waals surface area contributed by atoms with Crippen molar-refractivity contribution in [2.75, 3.05) is 24.6 Å². The lowest BCUT2D eigenvalue weighted by molar-refractivity contribution is -0.145. The van der Waals surface area contributed by atoms with Crippen molar-refractivity contribution in [3.63, 3.8) is 0 Å². The quantitative estimate of drug-likeness (QED) is 0.442. The third-order valence-corrected chi connectivity index (χ3v) is 2.99. The first-order valence-corrected chi connectivity index (χ1v) is 6.11. The molecule has 94 valence electrons. The van der Waals surface area contributed by atoms with Crippen molar-refractivity contribution >= 4 is 35.4 Å². The Hall–Kier alpha value is -1.57. The number of hydrogen-bond acceptors (Lipinski definition) is 5. The number of carbonyl (C=O) groups excluding carboxylic acids is 4. The number of carbonyl (C=O) groups is 4. The number of nitrogens with two attached hydrogens (primary N) is 1. The zero-order valence-electron chi connectivity index (χ0n) is 9.10. The zero-order chi connectivity index (χ0) is 12.8. The molecule has 3 N–H and O–H groups in total. The fourth-order valence-corrected chi connectivity index (χ4v) is 1.97. The SMILES string of the molecule is NC(=O)CSCCC(=O)N1CC(=O)NC(=O)C1. The van der Waals surface area contributed by atoms with Gasteiger partial charge >= 0.3 is 0 Å². The molecule has 0 saturated carbocycles. The maximum Gasteiger partial charge on any atom is 0.246 e. The molecule has 17 heavy (non-hydrogen) atoms. The molecule has 1 saturated heterocycles. The number of amides is 4. The fraction of sp³-hybridized carbons (Fsp3) is 0.556. The second-order valence-electron chi connectivity index (χ2n) is 3.49. The van der Waals surface area contributed by atoms with Gasteiger partial charge in [-0.25, -0.2) is 0 Å². The molecule has 1 heterocycles. The van der Waals surface area contributed by atoms with Crippen molar-refractivity contribution in [2.24, 2.45) is 5.73 Å². The van der Waals surface area contributed by atoms with Gasteiger partial charge in [-0.3, -0.25) is 24.5 Å². The van der Waals surface area contributed by atoms with Crippen LogP contribution >= 0.6 is 11.8 Å². The maximum atomic E-state index is 11.6. The van der Waals surface area contributed by atoms with Gasteiger partial charge in [-0.1, -0.05) is 0 Å². The van der Waals surface area contributed by atoms with Crippen LogP contribution in [0.4, 0.5) is 0 Å². The van der Waals surface area contributed by atoms with Crippen molar-refractivity contribution in [3.05, 3.63) is 0 Å². The van der Waals surface area contributed by atoms with Crippen molar-refractivity contribution in [1.82, 2.24) is 10.2 Å². The molecule has 7 nitrogen and oxygen atoms in total. The number of hydrogen-bond donors (Lipinski definition) is 2. The van der Waals surface area contributed by atoms with Gasteiger partial charge in [0.05, 0.1) is 5.75 Å². The van der Waals surface area contributed by atoms with Crippen molar-refractivity contribution < 1.29 is 19.2 Å². The average molecular weight is 259 g/mol. The summed E-state index contributed by atoms with van der Waals surface area (Å²) in [4.78, 5) is 45.3. The van der Waals surface area contributed by atoms with E-state index in [0.717, 1.165) is 0 Å². The summed E-state index contributed by atoms with van der Waals surface area (Å²) in [5, 5.41) is 2.11. The number of rotatable bonds is 5. The highest BCUT2D eigenvalue weighted by Crippen LogP contribution is 2.05. The van der Waals surface area contributed by atoms with Crippen LogP contribution in [0.5, 0.6) is 0 Å². The molecule has 0 aliphatic carbocycles. The molecule has 8 heteroatoms. The number of nitrogens with zero attached hydrogens (tertiary/aromatic N) is 1. The van der Waals surface area contributed by atoms with Crippen LogP contribution in [-0.4, -0.2) is 53.1 Å². The van der Waals surface area contributed by atoms with E-state index in [4.69, 9.17) is 5.73 Å². The first kappa shape index (κ1) is 13.5. The molecule has 0 unspecified atom stereocenters. The summed E-state index contributed by atoms with van der Waals surface area (Å²) >= 11 is 1.25. The van der Waals surface area contributed by atoms with Crippen molar-refractivity contribution in [3.8, 4) is 0 Å². The molecule has 0 aromatic heterocycles. The van der Waals surface area contributed by atoms with Crippen LogP contribution in [0.15, 0.2) is 0 Å². The molecule has 4 amide bonds. The van der Waals surface area contributed by atoms with E-state index in [1.165, 1.54) is 16.7 Å². The van der Waals surface area contributed by atoms with Gasteiger partial charge in [-0.05, 0) is 0 Å². The van der Waals surface area contributed by atoms with Gasteiger partial charge in [-0.2, -0.15) is 11.8 Å². The minimum Gasteiger partial charge on any atom is -0.369 e. The smallest absolute Gasteiger partial charge is 0.246 e. The van der Waals surface area contributed by atoms with Crippen molar-refractivity contribution in [1.29, 1.82) is 0 Å². The second kappa shape index (κ2) is 6.24. The Bertz CT molecular complexity index is 342. The molecule has 1 fully saturated rings. The third kappa shape index (κ3) is 4.85. The predicted octanol–water partition coefficient (Wildman–Crippen LogP) is -1.92. The predicted molar refractivity (Wildman–Crippen MR) is 60.9 cm³/mol. The lowest BCUT2D eigenvalue weighted by Crippen LogP contribution is -2.53. The minimum atomic E-state index is -0.473. The molecule has 0 radical (unpaired) electrons. The van der Waals surface area contributed by atoms with E-state index in [1.807, 2.05) is 0 Å². The average Bonchev–Trinajstić information content (AvgIpc) is 2.22. The highest BCUT2D eigenvalue weighted by atomic mass is 32.2. The van der Waals surface area contributed by atoms with Gasteiger partial charge in [0, 0.05) is 12.2 Å². The highest BCUT2D eigenvalue weighted by molar-refractivity contribution is 7.99. The Morgan fingerprint density at radius 3 is 2.41 bits per heavy atom. The van der Waals surface area contributed by atoms with E-state index in [1.54, 1.807) is 0 Å². The zero-order valence-corrected chi connectivity index (χ0v) is 9.92. The van der Waals surface area contributed by atoms with Crippen LogP contribution in [0.25, 0.3) is 0 Å². The molecule has 1 aliphatic rings. The molecule has 0 aromatic carbocycles. The minimum absolute atomic E-state index is 0.0922. The summed E-state index contributed by atoms with van der Waals surface area (Å²) < 4.78 is 0. The molecule has 1 aliphatic heterocycles. The fourth-order valence-electron chi connectivity index (χ4n) is 1.30. The van der Waals surface area contributed by atoms with Gasteiger partial charge in [0.1, 0.15) is 13.1 Å². The van der Waals surface area contributed by atoms with Crippen LogP contribution in [0.3, 0.4) is 0 Å². The summed E-state index contributed by atoms with van der Waals surface area (Å²) in [6, 6.07) is 0. The standard InChI is InChI=1S/C9H13N3O4S/c10-6(13)5-17-2-1-9(16)12-3-7(14)11-8(15)4-12/h1-5H2,(H2,10,13)(H,11,14,15). The summed E-state index contributed by atoms with van der Waals surface area (Å²) in [7, 11) is 0. The normalized spacial score (nSPS) is 15.6. The molecule has 0 atom stereocenters. The second-order valence-corrected chi connectivity index (χ2v) is 4.60. The summed E-state index contributed by atoms with van der Waals surface area (Å²) in [6.45, 7) is -0.184. The van der Waals surface area contributed by atoms with Crippen LogP contribution in [-0.2, 0) is 19.2 Å². The Morgan fingerprint density at radius 1 is 1.29 bits per heavy atom. The Morgan fingerprint density at radius 2 is 1.88 bits per heavy atom. The molecule has 1 rings (SSSR count). The van der Waals surface area contributed by atoms with E-state index >= 15 is 0 Å². The van der Waals surface area contributed by atoms with Crippen LogP contribution < -0.4 is 11.1 Å². The third-order valence-electron chi connectivity index (χ3n) is 2.01. The molecular formula is C9H13N3O4S. The lowest BCUT2D eigenvalue weighted by Gasteiger charge is -2.25. The first-order valence-electron chi connectivity index (χ1n) is 4.95. The molecular weight excluding hydrogens is 246 g/mol. The first-order chi connectivity index (χ1) is 7.99. The van der Waals surface area contributed by atoms with E-state index in [0.29, 0.717) is 5.75 Å². The van der Waals surface area contributed by atoms with Gasteiger partial charge in [-0.15, -0.1) is 0 Å². The van der Waals surface area contributed by atoms with E-state index in [-0.39, 0.29) is 31.2 Å². The lowest BCUT2D eigenvalue weighted by atomic mass is 10.3. The van der Waals surface area contributed by atoms with Gasteiger partial charge in [0.25, 0.3) is 0 Å². The summed E-state index contributed by atoms with van der Waals surface area (Å²) in [5.41, 5.74) is 4.94. The van der Waals surface area contributed by atoms with Gasteiger partial charge in [0.2, 0.25) is 23.6 Å². The van der Waals surface area contributed by atoms with Gasteiger partial charge in [0.15, 0.2) is 0 Å². The Labute approximate surface area is 102 Å². The maximum absolute atomic E-state index is 11.6. The highest BCUT2D eigenvalue weighted by Gasteiger charge is 2.25. The molecule has 0 spiro atoms. The number of imide groups is 1. The van der Waals surface area contributed by atoms with Crippen LogP contribution in [0, 0.1) is 0 Å². The van der Waals surface area contributed by atoms with E-state index in [9.17, 15) is 19.2 Å². The number of primary amides is 1. The van der Waals surface area contributed by atoms with Gasteiger partial charge < -0.3 is 10.6 Å². The number of nitrogens with one attached hydrogen (secondary N) is 1. The number of piperazine rings is 1. The molecule has 0 bridgehead atoms.